The normalized spacial score (nSPS) is 12.1. The van der Waals surface area contributed by atoms with Gasteiger partial charge in [-0.15, -0.1) is 0 Å². The first-order valence-corrected chi connectivity index (χ1v) is 8.84. The van der Waals surface area contributed by atoms with E-state index in [0.29, 0.717) is 10.8 Å². The van der Waals surface area contributed by atoms with E-state index >= 15 is 0 Å². The molecule has 0 aliphatic rings. The highest BCUT2D eigenvalue weighted by Gasteiger charge is 2.22. The van der Waals surface area contributed by atoms with Crippen LogP contribution in [0.5, 0.6) is 0 Å². The molecule has 0 aliphatic heterocycles. The van der Waals surface area contributed by atoms with Crippen LogP contribution in [0, 0.1) is 5.92 Å². The van der Waals surface area contributed by atoms with E-state index in [1.165, 1.54) is 3.97 Å². The number of nitrogens with zero attached hydrogens (tertiary/aromatic N) is 1. The molecule has 2 aromatic carbocycles. The van der Waals surface area contributed by atoms with Crippen molar-refractivity contribution in [3.8, 4) is 0 Å². The van der Waals surface area contributed by atoms with Gasteiger partial charge in [0.1, 0.15) is 0 Å². The van der Waals surface area contributed by atoms with Crippen LogP contribution in [-0.4, -0.2) is 12.4 Å². The summed E-state index contributed by atoms with van der Waals surface area (Å²) in [5.74, 6) is 0.383. The molecule has 0 bridgehead atoms. The van der Waals surface area contributed by atoms with Crippen molar-refractivity contribution in [2.24, 2.45) is 5.92 Å². The molecule has 1 heterocycles. The summed E-state index contributed by atoms with van der Waals surface area (Å²) in [5.41, 5.74) is 1.57. The van der Waals surface area contributed by atoms with Crippen molar-refractivity contribution in [3.05, 3.63) is 66.4 Å². The molecular weight excluding hydrogens is 294 g/mol. The maximum Gasteiger partial charge on any atom is 0.268 e. The lowest BCUT2D eigenvalue weighted by Gasteiger charge is -2.13. The molecule has 3 rings (SSSR count). The number of rotatable bonds is 4. The number of hydrogen-bond acceptors (Lipinski definition) is 2. The van der Waals surface area contributed by atoms with E-state index in [9.17, 15) is 8.42 Å². The van der Waals surface area contributed by atoms with Crippen LogP contribution in [0.4, 0.5) is 0 Å². The molecule has 0 spiro atoms. The van der Waals surface area contributed by atoms with Crippen LogP contribution in [0.3, 0.4) is 0 Å². The lowest BCUT2D eigenvalue weighted by atomic mass is 10.1. The quantitative estimate of drug-likeness (QED) is 0.728. The molecule has 114 valence electrons. The molecule has 0 saturated carbocycles. The van der Waals surface area contributed by atoms with Gasteiger partial charge >= 0.3 is 0 Å². The third-order valence-corrected chi connectivity index (χ3v) is 5.42. The number of hydrogen-bond donors (Lipinski definition) is 0. The average Bonchev–Trinajstić information content (AvgIpc) is 2.85. The van der Waals surface area contributed by atoms with Crippen LogP contribution in [0.1, 0.15) is 19.5 Å². The molecule has 0 aliphatic carbocycles. The molecule has 0 unspecified atom stereocenters. The largest absolute Gasteiger partial charge is 0.268 e. The lowest BCUT2D eigenvalue weighted by molar-refractivity contribution is 0.580. The second-order valence-corrected chi connectivity index (χ2v) is 7.66. The summed E-state index contributed by atoms with van der Waals surface area (Å²) in [7, 11) is -3.58. The number of fused-ring (bicyclic) bond motifs is 1. The Bertz CT molecular complexity index is 893. The van der Waals surface area contributed by atoms with Crippen molar-refractivity contribution in [3.63, 3.8) is 0 Å². The Kier molecular flexibility index (Phi) is 3.79. The Balaban J connectivity index is 2.29. The molecule has 0 N–H and O–H groups in total. The van der Waals surface area contributed by atoms with Gasteiger partial charge < -0.3 is 0 Å². The smallest absolute Gasteiger partial charge is 0.238 e. The zero-order valence-electron chi connectivity index (χ0n) is 12.7. The second kappa shape index (κ2) is 5.61. The van der Waals surface area contributed by atoms with Gasteiger partial charge in [-0.25, -0.2) is 12.4 Å². The first-order valence-electron chi connectivity index (χ1n) is 7.40. The van der Waals surface area contributed by atoms with Gasteiger partial charge in [0.2, 0.25) is 0 Å². The Hall–Kier alpha value is -2.07. The Morgan fingerprint density at radius 2 is 1.59 bits per heavy atom. The molecule has 4 heteroatoms. The van der Waals surface area contributed by atoms with E-state index in [2.05, 4.69) is 13.8 Å². The molecule has 0 radical (unpaired) electrons. The van der Waals surface area contributed by atoms with E-state index in [1.54, 1.807) is 24.3 Å². The van der Waals surface area contributed by atoms with Crippen molar-refractivity contribution in [2.75, 3.05) is 0 Å². The minimum absolute atomic E-state index is 0.321. The van der Waals surface area contributed by atoms with Gasteiger partial charge in [-0.1, -0.05) is 50.2 Å². The molecule has 0 atom stereocenters. The van der Waals surface area contributed by atoms with Gasteiger partial charge in [0, 0.05) is 11.1 Å². The van der Waals surface area contributed by atoms with E-state index in [0.717, 1.165) is 23.0 Å². The molecule has 0 fully saturated rings. The van der Waals surface area contributed by atoms with Gasteiger partial charge in [-0.2, -0.15) is 0 Å². The zero-order valence-corrected chi connectivity index (χ0v) is 13.5. The molecular formula is C18H19NO2S. The van der Waals surface area contributed by atoms with Crippen LogP contribution in [0.25, 0.3) is 10.9 Å². The molecule has 0 saturated heterocycles. The molecule has 0 amide bonds. The topological polar surface area (TPSA) is 39.1 Å². The van der Waals surface area contributed by atoms with Crippen molar-refractivity contribution in [1.29, 1.82) is 0 Å². The Morgan fingerprint density at radius 3 is 2.27 bits per heavy atom. The highest BCUT2D eigenvalue weighted by atomic mass is 32.2. The third kappa shape index (κ3) is 2.55. The van der Waals surface area contributed by atoms with Crippen LogP contribution in [0.15, 0.2) is 65.6 Å². The highest BCUT2D eigenvalue weighted by Crippen LogP contribution is 2.27. The average molecular weight is 313 g/mol. The summed E-state index contributed by atoms with van der Waals surface area (Å²) >= 11 is 0. The van der Waals surface area contributed by atoms with Crippen molar-refractivity contribution < 1.29 is 8.42 Å². The predicted octanol–water partition coefficient (Wildman–Crippen LogP) is 4.08. The Labute approximate surface area is 131 Å². The van der Waals surface area contributed by atoms with Crippen LogP contribution in [-0.2, 0) is 16.4 Å². The van der Waals surface area contributed by atoms with Crippen molar-refractivity contribution >= 4 is 20.9 Å². The van der Waals surface area contributed by atoms with Gasteiger partial charge in [0.15, 0.2) is 0 Å². The van der Waals surface area contributed by atoms with Crippen LogP contribution < -0.4 is 0 Å². The Morgan fingerprint density at radius 1 is 0.955 bits per heavy atom. The monoisotopic (exact) mass is 313 g/mol. The fraction of sp³-hybridized carbons (Fsp3) is 0.222. The van der Waals surface area contributed by atoms with Gasteiger partial charge in [0.05, 0.1) is 10.4 Å². The second-order valence-electron chi connectivity index (χ2n) is 5.87. The minimum atomic E-state index is -3.58. The fourth-order valence-electron chi connectivity index (χ4n) is 2.73. The first kappa shape index (κ1) is 14.9. The number of para-hydroxylation sites is 1. The fourth-order valence-corrected chi connectivity index (χ4v) is 4.30. The van der Waals surface area contributed by atoms with E-state index in [4.69, 9.17) is 0 Å². The number of benzene rings is 2. The standard InChI is InChI=1S/C18H19NO2S/c1-14(2)12-16-13-15-8-6-7-11-18(15)19(16)22(20,21)17-9-4-3-5-10-17/h3-11,13-14H,12H2,1-2H3. The minimum Gasteiger partial charge on any atom is -0.238 e. The van der Waals surface area contributed by atoms with E-state index in [1.807, 2.05) is 36.4 Å². The third-order valence-electron chi connectivity index (χ3n) is 3.64. The molecule has 3 nitrogen and oxygen atoms in total. The summed E-state index contributed by atoms with van der Waals surface area (Å²) in [6.07, 6.45) is 0.723. The molecule has 22 heavy (non-hydrogen) atoms. The summed E-state index contributed by atoms with van der Waals surface area (Å²) in [5, 5.41) is 0.956. The summed E-state index contributed by atoms with van der Waals surface area (Å²) in [6, 6.07) is 18.2. The summed E-state index contributed by atoms with van der Waals surface area (Å²) < 4.78 is 27.6. The van der Waals surface area contributed by atoms with Crippen molar-refractivity contribution in [2.45, 2.75) is 25.2 Å². The maximum absolute atomic E-state index is 13.1. The van der Waals surface area contributed by atoms with Gasteiger partial charge in [-0.3, -0.25) is 0 Å². The van der Waals surface area contributed by atoms with E-state index < -0.39 is 10.0 Å². The zero-order chi connectivity index (χ0) is 15.7. The summed E-state index contributed by atoms with van der Waals surface area (Å²) in [6.45, 7) is 4.19. The van der Waals surface area contributed by atoms with Gasteiger partial charge in [0.25, 0.3) is 10.0 Å². The SMILES string of the molecule is CC(C)Cc1cc2ccccc2n1S(=O)(=O)c1ccccc1. The maximum atomic E-state index is 13.1. The first-order chi connectivity index (χ1) is 10.5. The van der Waals surface area contributed by atoms with Crippen LogP contribution >= 0.6 is 0 Å². The van der Waals surface area contributed by atoms with Gasteiger partial charge in [-0.05, 0) is 36.6 Å². The highest BCUT2D eigenvalue weighted by molar-refractivity contribution is 7.90. The predicted molar refractivity (Wildman–Crippen MR) is 89.5 cm³/mol. The van der Waals surface area contributed by atoms with Crippen LogP contribution in [0.2, 0.25) is 0 Å². The lowest BCUT2D eigenvalue weighted by Crippen LogP contribution is -2.16. The summed E-state index contributed by atoms with van der Waals surface area (Å²) in [4.78, 5) is 0.321. The van der Waals surface area contributed by atoms with E-state index in [-0.39, 0.29) is 0 Å². The number of aromatic nitrogens is 1. The van der Waals surface area contributed by atoms with Crippen molar-refractivity contribution in [1.82, 2.24) is 3.97 Å². The molecule has 3 aromatic rings. The molecule has 1 aromatic heterocycles.